The molecular weight excluding hydrogens is 342 g/mol. The molecule has 0 saturated carbocycles. The third-order valence-corrected chi connectivity index (χ3v) is 4.36. The number of rotatable bonds is 8. The minimum atomic E-state index is -0.107. The Hall–Kier alpha value is -2.95. The van der Waals surface area contributed by atoms with Crippen molar-refractivity contribution >= 4 is 5.91 Å². The molecule has 0 unspecified atom stereocenters. The number of allylic oxidation sites excluding steroid dienone is 1. The maximum Gasteiger partial charge on any atom is 0.254 e. The third-order valence-electron chi connectivity index (χ3n) is 4.36. The smallest absolute Gasteiger partial charge is 0.254 e. The number of aryl methyl sites for hydroxylation is 1. The summed E-state index contributed by atoms with van der Waals surface area (Å²) in [6, 6.07) is 9.47. The molecule has 0 aliphatic heterocycles. The average Bonchev–Trinajstić information content (AvgIpc) is 2.67. The van der Waals surface area contributed by atoms with Crippen molar-refractivity contribution in [3.8, 4) is 17.2 Å². The average molecular weight is 369 g/mol. The van der Waals surface area contributed by atoms with Gasteiger partial charge < -0.3 is 19.1 Å². The van der Waals surface area contributed by atoms with Gasteiger partial charge in [0, 0.05) is 30.3 Å². The number of ether oxygens (including phenoxy) is 3. The fourth-order valence-electron chi connectivity index (χ4n) is 3.05. The quantitative estimate of drug-likeness (QED) is 0.660. The second-order valence-corrected chi connectivity index (χ2v) is 6.34. The molecule has 0 bridgehead atoms. The van der Waals surface area contributed by atoms with Crippen molar-refractivity contribution in [2.75, 3.05) is 28.4 Å². The van der Waals surface area contributed by atoms with Crippen LogP contribution in [0.5, 0.6) is 17.2 Å². The van der Waals surface area contributed by atoms with Gasteiger partial charge in [0.05, 0.1) is 21.3 Å². The van der Waals surface area contributed by atoms with Crippen LogP contribution in [0.25, 0.3) is 0 Å². The molecule has 5 nitrogen and oxygen atoms in total. The van der Waals surface area contributed by atoms with E-state index >= 15 is 0 Å². The first-order chi connectivity index (χ1) is 12.9. The van der Waals surface area contributed by atoms with Crippen LogP contribution in [0.4, 0.5) is 0 Å². The predicted molar refractivity (Wildman–Crippen MR) is 107 cm³/mol. The van der Waals surface area contributed by atoms with E-state index in [2.05, 4.69) is 6.58 Å². The summed E-state index contributed by atoms with van der Waals surface area (Å²) in [5, 5.41) is 0. The van der Waals surface area contributed by atoms with E-state index in [0.717, 1.165) is 22.4 Å². The lowest BCUT2D eigenvalue weighted by molar-refractivity contribution is 0.0783. The van der Waals surface area contributed by atoms with Crippen LogP contribution in [0, 0.1) is 6.92 Å². The molecule has 27 heavy (non-hydrogen) atoms. The maximum absolute atomic E-state index is 13.0. The first kappa shape index (κ1) is 20.4. The number of hydrogen-bond donors (Lipinski definition) is 0. The Labute approximate surface area is 161 Å². The molecule has 2 rings (SSSR count). The van der Waals surface area contributed by atoms with Gasteiger partial charge >= 0.3 is 0 Å². The molecule has 0 radical (unpaired) electrons. The second-order valence-electron chi connectivity index (χ2n) is 6.34. The standard InChI is InChI=1S/C22H27NO4/c1-7-8-16-12-17(13-20(26-5)21(16)27-6)22(24)23(3)14-18-11-15(2)9-10-19(18)25-4/h7,9-13H,1,8,14H2,2-6H3. The van der Waals surface area contributed by atoms with Gasteiger partial charge in [-0.05, 0) is 31.5 Å². The van der Waals surface area contributed by atoms with Gasteiger partial charge in [-0.2, -0.15) is 0 Å². The molecule has 2 aromatic carbocycles. The monoisotopic (exact) mass is 369 g/mol. The fourth-order valence-corrected chi connectivity index (χ4v) is 3.05. The fraction of sp³-hybridized carbons (Fsp3) is 0.318. The van der Waals surface area contributed by atoms with Crippen LogP contribution in [0.15, 0.2) is 43.0 Å². The van der Waals surface area contributed by atoms with Crippen LogP contribution in [-0.4, -0.2) is 39.2 Å². The summed E-state index contributed by atoms with van der Waals surface area (Å²) < 4.78 is 16.3. The van der Waals surface area contributed by atoms with E-state index in [1.807, 2.05) is 31.2 Å². The van der Waals surface area contributed by atoms with Crippen molar-refractivity contribution in [2.24, 2.45) is 0 Å². The van der Waals surface area contributed by atoms with Crippen molar-refractivity contribution in [1.29, 1.82) is 0 Å². The second kappa shape index (κ2) is 9.12. The zero-order valence-electron chi connectivity index (χ0n) is 16.7. The summed E-state index contributed by atoms with van der Waals surface area (Å²) >= 11 is 0. The van der Waals surface area contributed by atoms with E-state index in [-0.39, 0.29) is 5.91 Å². The Morgan fingerprint density at radius 3 is 2.33 bits per heavy atom. The van der Waals surface area contributed by atoms with Crippen molar-refractivity contribution in [3.05, 3.63) is 65.2 Å². The summed E-state index contributed by atoms with van der Waals surface area (Å²) in [6.07, 6.45) is 2.35. The van der Waals surface area contributed by atoms with Crippen LogP contribution in [-0.2, 0) is 13.0 Å². The molecule has 0 aliphatic carbocycles. The molecule has 0 saturated heterocycles. The van der Waals surface area contributed by atoms with Crippen LogP contribution in [0.3, 0.4) is 0 Å². The molecule has 5 heteroatoms. The summed E-state index contributed by atoms with van der Waals surface area (Å²) in [4.78, 5) is 14.7. The van der Waals surface area contributed by atoms with E-state index < -0.39 is 0 Å². The zero-order chi connectivity index (χ0) is 20.0. The van der Waals surface area contributed by atoms with Gasteiger partial charge in [0.2, 0.25) is 0 Å². The van der Waals surface area contributed by atoms with Crippen molar-refractivity contribution in [3.63, 3.8) is 0 Å². The first-order valence-corrected chi connectivity index (χ1v) is 8.69. The van der Waals surface area contributed by atoms with Crippen LogP contribution < -0.4 is 14.2 Å². The van der Waals surface area contributed by atoms with E-state index in [1.165, 1.54) is 0 Å². The minimum Gasteiger partial charge on any atom is -0.496 e. The first-order valence-electron chi connectivity index (χ1n) is 8.69. The van der Waals surface area contributed by atoms with Crippen LogP contribution in [0.2, 0.25) is 0 Å². The topological polar surface area (TPSA) is 48.0 Å². The van der Waals surface area contributed by atoms with Gasteiger partial charge in [-0.1, -0.05) is 23.8 Å². The van der Waals surface area contributed by atoms with Crippen LogP contribution >= 0.6 is 0 Å². The number of hydrogen-bond acceptors (Lipinski definition) is 4. The Bertz CT molecular complexity index is 829. The van der Waals surface area contributed by atoms with Crippen molar-refractivity contribution in [1.82, 2.24) is 4.90 Å². The Kier molecular flexibility index (Phi) is 6.88. The molecular formula is C22H27NO4. The Balaban J connectivity index is 2.35. The van der Waals surface area contributed by atoms with Gasteiger partial charge in [0.25, 0.3) is 5.91 Å². The highest BCUT2D eigenvalue weighted by molar-refractivity contribution is 5.95. The molecule has 2 aromatic rings. The van der Waals surface area contributed by atoms with Gasteiger partial charge in [0.1, 0.15) is 5.75 Å². The maximum atomic E-state index is 13.0. The highest BCUT2D eigenvalue weighted by atomic mass is 16.5. The molecule has 0 aromatic heterocycles. The normalized spacial score (nSPS) is 10.3. The molecule has 0 aliphatic rings. The van der Waals surface area contributed by atoms with E-state index in [4.69, 9.17) is 14.2 Å². The number of benzene rings is 2. The number of amides is 1. The molecule has 0 atom stereocenters. The van der Waals surface area contributed by atoms with Gasteiger partial charge in [-0.25, -0.2) is 0 Å². The predicted octanol–water partition coefficient (Wildman–Crippen LogP) is 4.02. The van der Waals surface area contributed by atoms with Crippen molar-refractivity contribution < 1.29 is 19.0 Å². The third kappa shape index (κ3) is 4.61. The lowest BCUT2D eigenvalue weighted by Gasteiger charge is -2.21. The lowest BCUT2D eigenvalue weighted by atomic mass is 10.0. The number of nitrogens with zero attached hydrogens (tertiary/aromatic N) is 1. The largest absolute Gasteiger partial charge is 0.496 e. The van der Waals surface area contributed by atoms with E-state index in [9.17, 15) is 4.79 Å². The van der Waals surface area contributed by atoms with Crippen molar-refractivity contribution in [2.45, 2.75) is 19.9 Å². The molecule has 0 fully saturated rings. The van der Waals surface area contributed by atoms with Gasteiger partial charge in [-0.3, -0.25) is 4.79 Å². The lowest BCUT2D eigenvalue weighted by Crippen LogP contribution is -2.26. The number of carbonyl (C=O) groups is 1. The summed E-state index contributed by atoms with van der Waals surface area (Å²) in [5.74, 6) is 1.81. The molecule has 0 N–H and O–H groups in total. The number of carbonyl (C=O) groups excluding carboxylic acids is 1. The Morgan fingerprint density at radius 2 is 1.74 bits per heavy atom. The van der Waals surface area contributed by atoms with Gasteiger partial charge in [0.15, 0.2) is 11.5 Å². The Morgan fingerprint density at radius 1 is 1.04 bits per heavy atom. The summed E-state index contributed by atoms with van der Waals surface area (Å²) in [6.45, 7) is 6.23. The summed E-state index contributed by atoms with van der Waals surface area (Å²) in [5.41, 5.74) is 3.47. The van der Waals surface area contributed by atoms with Crippen LogP contribution in [0.1, 0.15) is 27.0 Å². The minimum absolute atomic E-state index is 0.107. The zero-order valence-corrected chi connectivity index (χ0v) is 16.7. The number of methoxy groups -OCH3 is 3. The molecule has 144 valence electrons. The molecule has 0 spiro atoms. The van der Waals surface area contributed by atoms with E-state index in [1.54, 1.807) is 45.4 Å². The molecule has 1 amide bonds. The SMILES string of the molecule is C=CCc1cc(C(=O)N(C)Cc2cc(C)ccc2OC)cc(OC)c1OC. The molecule has 0 heterocycles. The van der Waals surface area contributed by atoms with Gasteiger partial charge in [-0.15, -0.1) is 6.58 Å². The highest BCUT2D eigenvalue weighted by Gasteiger charge is 2.19. The summed E-state index contributed by atoms with van der Waals surface area (Å²) in [7, 11) is 6.55. The highest BCUT2D eigenvalue weighted by Crippen LogP contribution is 2.33. The van der Waals surface area contributed by atoms with E-state index in [0.29, 0.717) is 30.0 Å².